The van der Waals surface area contributed by atoms with Gasteiger partial charge in [0.1, 0.15) is 5.70 Å². The van der Waals surface area contributed by atoms with Gasteiger partial charge in [0.25, 0.3) is 0 Å². The van der Waals surface area contributed by atoms with Crippen molar-refractivity contribution in [3.8, 4) is 0 Å². The van der Waals surface area contributed by atoms with E-state index in [9.17, 15) is 14.7 Å². The van der Waals surface area contributed by atoms with Crippen molar-refractivity contribution in [2.24, 2.45) is 11.8 Å². The number of carboxylic acid groups (broad SMARTS) is 1. The van der Waals surface area contributed by atoms with Crippen LogP contribution in [0.1, 0.15) is 32.9 Å². The number of hydrogen-bond acceptors (Lipinski definition) is 7. The molecule has 180 valence electrons. The van der Waals surface area contributed by atoms with Crippen LogP contribution < -0.4 is 0 Å². The van der Waals surface area contributed by atoms with E-state index in [1.807, 2.05) is 13.8 Å². The molecule has 0 saturated carbocycles. The maximum Gasteiger partial charge on any atom is 0.353 e. The number of carboxylic acids is 1. The first-order valence-corrected chi connectivity index (χ1v) is 16.5. The van der Waals surface area contributed by atoms with E-state index in [0.717, 1.165) is 27.9 Å². The van der Waals surface area contributed by atoms with Crippen LogP contribution in [0.25, 0.3) is 5.57 Å². The lowest BCUT2D eigenvalue weighted by atomic mass is 9.79. The quantitative estimate of drug-likeness (QED) is 0.434. The van der Waals surface area contributed by atoms with Crippen molar-refractivity contribution in [1.29, 1.82) is 0 Å². The van der Waals surface area contributed by atoms with Gasteiger partial charge >= 0.3 is 5.97 Å². The van der Waals surface area contributed by atoms with Crippen LogP contribution in [-0.4, -0.2) is 71.9 Å². The van der Waals surface area contributed by atoms with E-state index < -0.39 is 14.3 Å². The third-order valence-corrected chi connectivity index (χ3v) is 10.0. The molecule has 4 rings (SSSR count). The molecule has 5 atom stereocenters. The molecular formula is C23H33N3O4S2Si. The molecule has 0 radical (unpaired) electrons. The number of thiazole rings is 1. The molecule has 0 unspecified atom stereocenters. The molecule has 1 N–H and O–H groups in total. The Hall–Kier alpha value is -1.46. The molecule has 0 aromatic carbocycles. The minimum atomic E-state index is -1.82. The zero-order valence-corrected chi connectivity index (χ0v) is 22.9. The lowest BCUT2D eigenvalue weighted by molar-refractivity contribution is -0.162. The van der Waals surface area contributed by atoms with Crippen LogP contribution in [0.2, 0.25) is 19.6 Å². The number of carbonyl (C=O) groups is 2. The smallest absolute Gasteiger partial charge is 0.353 e. The molecule has 1 saturated heterocycles. The van der Waals surface area contributed by atoms with Crippen molar-refractivity contribution in [3.05, 3.63) is 27.8 Å². The highest BCUT2D eigenvalue weighted by Gasteiger charge is 2.60. The van der Waals surface area contributed by atoms with Crippen LogP contribution in [0, 0.1) is 11.8 Å². The van der Waals surface area contributed by atoms with Gasteiger partial charge in [0.2, 0.25) is 5.91 Å². The van der Waals surface area contributed by atoms with Crippen molar-refractivity contribution in [3.63, 3.8) is 0 Å². The number of nitrogens with zero attached hydrogens (tertiary/aromatic N) is 3. The molecule has 0 spiro atoms. The molecule has 0 bridgehead atoms. The van der Waals surface area contributed by atoms with Crippen molar-refractivity contribution >= 4 is 48.9 Å². The van der Waals surface area contributed by atoms with E-state index in [1.54, 1.807) is 0 Å². The van der Waals surface area contributed by atoms with Gasteiger partial charge in [-0.25, -0.2) is 9.78 Å². The summed E-state index contributed by atoms with van der Waals surface area (Å²) >= 11 is 2.94. The first-order chi connectivity index (χ1) is 15.4. The predicted octanol–water partition coefficient (Wildman–Crippen LogP) is 4.36. The van der Waals surface area contributed by atoms with E-state index in [1.165, 1.54) is 33.6 Å². The van der Waals surface area contributed by atoms with E-state index in [0.29, 0.717) is 6.04 Å². The monoisotopic (exact) mass is 507 g/mol. The molecule has 3 aliphatic heterocycles. The first kappa shape index (κ1) is 24.7. The summed E-state index contributed by atoms with van der Waals surface area (Å²) in [5, 5.41) is 12.0. The fourth-order valence-electron chi connectivity index (χ4n) is 5.02. The SMILES string of the molecule is C[C@@H]1CC(c2csc(SC3=C(C(=O)O)N4C(=O)[C@H]([C@@H](C)O[Si](C)(C)C)[C@H]4[C@H]3C)n2)=CCN1C. The van der Waals surface area contributed by atoms with Gasteiger partial charge in [0.15, 0.2) is 12.7 Å². The zero-order valence-electron chi connectivity index (χ0n) is 20.3. The van der Waals surface area contributed by atoms with E-state index in [4.69, 9.17) is 9.41 Å². The Labute approximate surface area is 205 Å². The topological polar surface area (TPSA) is 83.0 Å². The average Bonchev–Trinajstić information content (AvgIpc) is 3.25. The minimum Gasteiger partial charge on any atom is -0.477 e. The third-order valence-electron chi connectivity index (χ3n) is 6.74. The number of fused-ring (bicyclic) bond motifs is 1. The molecular weight excluding hydrogens is 474 g/mol. The Morgan fingerprint density at radius 1 is 1.36 bits per heavy atom. The number of likely N-dealkylation sites (N-methyl/N-ethyl adjacent to an activating group) is 1. The molecule has 3 aliphatic rings. The van der Waals surface area contributed by atoms with Crippen LogP contribution >= 0.6 is 23.1 Å². The number of rotatable bonds is 7. The zero-order chi connectivity index (χ0) is 24.2. The fourth-order valence-corrected chi connectivity index (χ4v) is 8.40. The van der Waals surface area contributed by atoms with Crippen molar-refractivity contribution in [1.82, 2.24) is 14.8 Å². The van der Waals surface area contributed by atoms with E-state index >= 15 is 0 Å². The number of β-lactam (4-membered cyclic amide) rings is 1. The number of hydrogen-bond donors (Lipinski definition) is 1. The molecule has 1 aromatic heterocycles. The van der Waals surface area contributed by atoms with E-state index in [-0.39, 0.29) is 35.6 Å². The van der Waals surface area contributed by atoms with Crippen LogP contribution in [0.4, 0.5) is 0 Å². The van der Waals surface area contributed by atoms with Crippen LogP contribution in [-0.2, 0) is 14.0 Å². The maximum absolute atomic E-state index is 13.0. The van der Waals surface area contributed by atoms with Gasteiger partial charge in [-0.15, -0.1) is 11.3 Å². The summed E-state index contributed by atoms with van der Waals surface area (Å²) in [5.74, 6) is -1.58. The Kier molecular flexibility index (Phi) is 6.69. The first-order valence-electron chi connectivity index (χ1n) is 11.4. The molecule has 7 nitrogen and oxygen atoms in total. The fraction of sp³-hybridized carbons (Fsp3) is 0.609. The summed E-state index contributed by atoms with van der Waals surface area (Å²) in [5.41, 5.74) is 2.33. The molecule has 1 aromatic rings. The second kappa shape index (κ2) is 8.96. The Balaban J connectivity index is 1.56. The van der Waals surface area contributed by atoms with Gasteiger partial charge in [-0.05, 0) is 52.5 Å². The molecule has 1 amide bonds. The van der Waals surface area contributed by atoms with Crippen LogP contribution in [0.15, 0.2) is 26.4 Å². The van der Waals surface area contributed by atoms with Gasteiger partial charge in [-0.1, -0.05) is 24.8 Å². The van der Waals surface area contributed by atoms with Gasteiger partial charge in [-0.3, -0.25) is 9.69 Å². The summed E-state index contributed by atoms with van der Waals surface area (Å²) in [4.78, 5) is 34.5. The maximum atomic E-state index is 13.0. The lowest BCUT2D eigenvalue weighted by Gasteiger charge is -2.48. The van der Waals surface area contributed by atoms with Crippen LogP contribution in [0.5, 0.6) is 0 Å². The number of thioether (sulfide) groups is 1. The molecule has 33 heavy (non-hydrogen) atoms. The lowest BCUT2D eigenvalue weighted by Crippen LogP contribution is -2.64. The Morgan fingerprint density at radius 2 is 2.06 bits per heavy atom. The van der Waals surface area contributed by atoms with Crippen molar-refractivity contribution in [2.45, 2.75) is 69.4 Å². The number of aliphatic carboxylic acids is 1. The summed E-state index contributed by atoms with van der Waals surface area (Å²) in [6.07, 6.45) is 2.95. The third kappa shape index (κ3) is 4.60. The molecule has 10 heteroatoms. The molecule has 4 heterocycles. The minimum absolute atomic E-state index is 0.0774. The number of aromatic nitrogens is 1. The van der Waals surface area contributed by atoms with E-state index in [2.05, 4.69) is 50.0 Å². The second-order valence-corrected chi connectivity index (χ2v) is 16.9. The standard InChI is InChI=1S/C23H33N3O4S2Si/c1-12-10-15(8-9-25(12)4)16-11-31-23(24-16)32-20-13(2)18-17(14(3)30-33(5,6)7)21(27)26(18)19(20)22(28)29/h8,11-14,17-18H,9-10H2,1-7H3,(H,28,29)/t12-,13-,14-,17-,18-/m1/s1. The van der Waals surface area contributed by atoms with Crippen molar-refractivity contribution in [2.75, 3.05) is 13.6 Å². The summed E-state index contributed by atoms with van der Waals surface area (Å²) in [7, 11) is 0.297. The highest BCUT2D eigenvalue weighted by Crippen LogP contribution is 2.52. The van der Waals surface area contributed by atoms with Crippen LogP contribution in [0.3, 0.4) is 0 Å². The predicted molar refractivity (Wildman–Crippen MR) is 134 cm³/mol. The Bertz CT molecular complexity index is 1030. The average molecular weight is 508 g/mol. The summed E-state index contributed by atoms with van der Waals surface area (Å²) in [6, 6.07) is 0.292. The highest BCUT2D eigenvalue weighted by molar-refractivity contribution is 8.04. The summed E-state index contributed by atoms with van der Waals surface area (Å²) < 4.78 is 7.02. The second-order valence-electron chi connectivity index (χ2n) is 10.3. The normalized spacial score (nSPS) is 29.1. The summed E-state index contributed by atoms with van der Waals surface area (Å²) in [6.45, 7) is 13.4. The molecule has 1 fully saturated rings. The van der Waals surface area contributed by atoms with Gasteiger partial charge in [0.05, 0.1) is 23.8 Å². The Morgan fingerprint density at radius 3 is 2.67 bits per heavy atom. The number of carbonyl (C=O) groups excluding carboxylic acids is 1. The largest absolute Gasteiger partial charge is 0.477 e. The van der Waals surface area contributed by atoms with Gasteiger partial charge < -0.3 is 14.4 Å². The highest BCUT2D eigenvalue weighted by atomic mass is 32.2. The van der Waals surface area contributed by atoms with Crippen molar-refractivity contribution < 1.29 is 19.1 Å². The number of amides is 1. The van der Waals surface area contributed by atoms with Gasteiger partial charge in [0, 0.05) is 28.8 Å². The molecule has 0 aliphatic carbocycles. The van der Waals surface area contributed by atoms with Gasteiger partial charge in [-0.2, -0.15) is 0 Å².